The van der Waals surface area contributed by atoms with Crippen LogP contribution >= 0.6 is 0 Å². The Hall–Kier alpha value is -5.11. The molecule has 0 unspecified atom stereocenters. The van der Waals surface area contributed by atoms with Crippen molar-refractivity contribution in [1.82, 2.24) is 5.43 Å². The SMILES string of the molecule is CCOc1cc(C(=O)N/N=C/c2cccc(OCC(=O)Nc3cccc(C)c3C)c2)ccc1OCc1ccccc1. The van der Waals surface area contributed by atoms with Gasteiger partial charge in [-0.2, -0.15) is 5.10 Å². The summed E-state index contributed by atoms with van der Waals surface area (Å²) in [6, 6.07) is 27.6. The molecular formula is C33H33N3O5. The Morgan fingerprint density at radius 3 is 2.44 bits per heavy atom. The van der Waals surface area contributed by atoms with Gasteiger partial charge in [-0.25, -0.2) is 5.43 Å². The second-order valence-electron chi connectivity index (χ2n) is 9.22. The molecule has 4 aromatic carbocycles. The molecule has 0 fully saturated rings. The number of hydrogen-bond donors (Lipinski definition) is 2. The lowest BCUT2D eigenvalue weighted by Crippen LogP contribution is -2.20. The molecule has 2 amide bonds. The van der Waals surface area contributed by atoms with E-state index in [0.29, 0.717) is 41.6 Å². The van der Waals surface area contributed by atoms with E-state index >= 15 is 0 Å². The molecule has 8 nitrogen and oxygen atoms in total. The molecule has 0 aliphatic heterocycles. The van der Waals surface area contributed by atoms with Crippen LogP contribution in [0.5, 0.6) is 17.2 Å². The quantitative estimate of drug-likeness (QED) is 0.165. The molecule has 0 radical (unpaired) electrons. The number of amides is 2. The third kappa shape index (κ3) is 8.44. The average molecular weight is 552 g/mol. The fourth-order valence-electron chi connectivity index (χ4n) is 3.91. The number of hydrazone groups is 1. The van der Waals surface area contributed by atoms with Crippen LogP contribution in [0, 0.1) is 13.8 Å². The van der Waals surface area contributed by atoms with Gasteiger partial charge >= 0.3 is 0 Å². The highest BCUT2D eigenvalue weighted by atomic mass is 16.5. The second-order valence-corrected chi connectivity index (χ2v) is 9.22. The molecule has 0 atom stereocenters. The van der Waals surface area contributed by atoms with Crippen LogP contribution in [0.1, 0.15) is 39.5 Å². The van der Waals surface area contributed by atoms with Gasteiger partial charge in [0.05, 0.1) is 12.8 Å². The largest absolute Gasteiger partial charge is 0.490 e. The molecule has 2 N–H and O–H groups in total. The van der Waals surface area contributed by atoms with E-state index in [1.165, 1.54) is 6.21 Å². The average Bonchev–Trinajstić information content (AvgIpc) is 2.98. The van der Waals surface area contributed by atoms with Crippen molar-refractivity contribution in [3.63, 3.8) is 0 Å². The molecule has 41 heavy (non-hydrogen) atoms. The van der Waals surface area contributed by atoms with E-state index in [0.717, 1.165) is 22.4 Å². The van der Waals surface area contributed by atoms with Gasteiger partial charge in [-0.15, -0.1) is 0 Å². The van der Waals surface area contributed by atoms with E-state index in [2.05, 4.69) is 15.8 Å². The van der Waals surface area contributed by atoms with Crippen molar-refractivity contribution in [2.75, 3.05) is 18.5 Å². The molecule has 0 spiro atoms. The van der Waals surface area contributed by atoms with Gasteiger partial charge in [0, 0.05) is 11.3 Å². The fourth-order valence-corrected chi connectivity index (χ4v) is 3.91. The summed E-state index contributed by atoms with van der Waals surface area (Å²) < 4.78 is 17.3. The lowest BCUT2D eigenvalue weighted by molar-refractivity contribution is -0.118. The van der Waals surface area contributed by atoms with E-state index in [1.54, 1.807) is 36.4 Å². The summed E-state index contributed by atoms with van der Waals surface area (Å²) in [6.07, 6.45) is 1.50. The number of aryl methyl sites for hydroxylation is 1. The summed E-state index contributed by atoms with van der Waals surface area (Å²) in [5, 5.41) is 6.94. The molecule has 0 saturated heterocycles. The van der Waals surface area contributed by atoms with Crippen LogP contribution in [0.2, 0.25) is 0 Å². The van der Waals surface area contributed by atoms with Crippen LogP contribution in [0.25, 0.3) is 0 Å². The summed E-state index contributed by atoms with van der Waals surface area (Å²) in [7, 11) is 0. The highest BCUT2D eigenvalue weighted by Gasteiger charge is 2.12. The lowest BCUT2D eigenvalue weighted by atomic mass is 10.1. The Labute approximate surface area is 240 Å². The molecule has 0 saturated carbocycles. The molecule has 8 heteroatoms. The molecule has 0 heterocycles. The van der Waals surface area contributed by atoms with Gasteiger partial charge in [0.1, 0.15) is 12.4 Å². The minimum atomic E-state index is -0.396. The predicted molar refractivity (Wildman–Crippen MR) is 160 cm³/mol. The van der Waals surface area contributed by atoms with Crippen LogP contribution in [-0.4, -0.2) is 31.2 Å². The smallest absolute Gasteiger partial charge is 0.271 e. The summed E-state index contributed by atoms with van der Waals surface area (Å²) in [5.74, 6) is 0.880. The van der Waals surface area contributed by atoms with Crippen molar-refractivity contribution in [2.45, 2.75) is 27.4 Å². The Balaban J connectivity index is 1.31. The Morgan fingerprint density at radius 2 is 1.63 bits per heavy atom. The molecule has 0 aromatic heterocycles. The second kappa shape index (κ2) is 14.3. The van der Waals surface area contributed by atoms with Crippen LogP contribution in [0.3, 0.4) is 0 Å². The van der Waals surface area contributed by atoms with Crippen molar-refractivity contribution < 1.29 is 23.8 Å². The van der Waals surface area contributed by atoms with Crippen molar-refractivity contribution in [2.24, 2.45) is 5.10 Å². The van der Waals surface area contributed by atoms with Gasteiger partial charge in [-0.1, -0.05) is 54.6 Å². The summed E-state index contributed by atoms with van der Waals surface area (Å²) in [5.41, 5.74) is 7.51. The third-order valence-electron chi connectivity index (χ3n) is 6.23. The van der Waals surface area contributed by atoms with E-state index in [4.69, 9.17) is 14.2 Å². The summed E-state index contributed by atoms with van der Waals surface area (Å²) in [6.45, 7) is 6.49. The standard InChI is InChI=1S/C33H33N3O5/c1-4-39-31-19-27(16-17-30(31)41-21-25-11-6-5-7-12-25)33(38)36-34-20-26-13-9-14-28(18-26)40-22-32(37)35-29-15-8-10-23(2)24(29)3/h5-20H,4,21-22H2,1-3H3,(H,35,37)(H,36,38)/b34-20+. The zero-order chi connectivity index (χ0) is 29.0. The zero-order valence-corrected chi connectivity index (χ0v) is 23.3. The monoisotopic (exact) mass is 551 g/mol. The van der Waals surface area contributed by atoms with E-state index in [9.17, 15) is 9.59 Å². The molecule has 210 valence electrons. The third-order valence-corrected chi connectivity index (χ3v) is 6.23. The van der Waals surface area contributed by atoms with Gasteiger partial charge in [0.25, 0.3) is 11.8 Å². The number of rotatable bonds is 12. The van der Waals surface area contributed by atoms with Crippen LogP contribution in [0.4, 0.5) is 5.69 Å². The minimum Gasteiger partial charge on any atom is -0.490 e. The molecule has 4 rings (SSSR count). The Kier molecular flexibility index (Phi) is 10.1. The van der Waals surface area contributed by atoms with Gasteiger partial charge in [-0.3, -0.25) is 9.59 Å². The molecule has 4 aromatic rings. The van der Waals surface area contributed by atoms with Crippen LogP contribution in [-0.2, 0) is 11.4 Å². The van der Waals surface area contributed by atoms with Crippen molar-refractivity contribution >= 4 is 23.7 Å². The number of ether oxygens (including phenoxy) is 3. The first-order chi connectivity index (χ1) is 19.9. The summed E-state index contributed by atoms with van der Waals surface area (Å²) in [4.78, 5) is 25.1. The highest BCUT2D eigenvalue weighted by molar-refractivity contribution is 5.95. The number of nitrogens with one attached hydrogen (secondary N) is 2. The number of carbonyl (C=O) groups is 2. The van der Waals surface area contributed by atoms with Crippen molar-refractivity contribution in [1.29, 1.82) is 0 Å². The molecule has 0 bridgehead atoms. The normalized spacial score (nSPS) is 10.7. The van der Waals surface area contributed by atoms with Crippen molar-refractivity contribution in [3.05, 3.63) is 119 Å². The maximum Gasteiger partial charge on any atom is 0.271 e. The summed E-state index contributed by atoms with van der Waals surface area (Å²) >= 11 is 0. The van der Waals surface area contributed by atoms with Gasteiger partial charge < -0.3 is 19.5 Å². The van der Waals surface area contributed by atoms with E-state index < -0.39 is 5.91 Å². The van der Waals surface area contributed by atoms with Gasteiger partial charge in [-0.05, 0) is 79.4 Å². The fraction of sp³-hybridized carbons (Fsp3) is 0.182. The number of nitrogens with zero attached hydrogens (tertiary/aromatic N) is 1. The predicted octanol–water partition coefficient (Wildman–Crippen LogP) is 6.06. The maximum absolute atomic E-state index is 12.7. The number of anilines is 1. The van der Waals surface area contributed by atoms with Crippen molar-refractivity contribution in [3.8, 4) is 17.2 Å². The first-order valence-corrected chi connectivity index (χ1v) is 13.3. The number of benzene rings is 4. The highest BCUT2D eigenvalue weighted by Crippen LogP contribution is 2.29. The van der Waals surface area contributed by atoms with Crippen LogP contribution < -0.4 is 25.0 Å². The number of carbonyl (C=O) groups excluding carboxylic acids is 2. The topological polar surface area (TPSA) is 98.3 Å². The van der Waals surface area contributed by atoms with Crippen LogP contribution in [0.15, 0.2) is 96.1 Å². The molecular weight excluding hydrogens is 518 g/mol. The van der Waals surface area contributed by atoms with Gasteiger partial charge in [0.15, 0.2) is 18.1 Å². The maximum atomic E-state index is 12.7. The first-order valence-electron chi connectivity index (χ1n) is 13.3. The Morgan fingerprint density at radius 1 is 0.829 bits per heavy atom. The van der Waals surface area contributed by atoms with E-state index in [1.807, 2.05) is 75.4 Å². The lowest BCUT2D eigenvalue weighted by Gasteiger charge is -2.13. The Bertz CT molecular complexity index is 1520. The first kappa shape index (κ1) is 28.9. The zero-order valence-electron chi connectivity index (χ0n) is 23.3. The minimum absolute atomic E-state index is 0.141. The van der Waals surface area contributed by atoms with Gasteiger partial charge in [0.2, 0.25) is 0 Å². The molecule has 0 aliphatic carbocycles. The molecule has 0 aliphatic rings. The van der Waals surface area contributed by atoms with E-state index in [-0.39, 0.29) is 12.5 Å². The number of hydrogen-bond acceptors (Lipinski definition) is 6.